The van der Waals surface area contributed by atoms with Crippen LogP contribution in [0.25, 0.3) is 10.9 Å². The van der Waals surface area contributed by atoms with Crippen LogP contribution in [-0.4, -0.2) is 51.5 Å². The number of amides is 1. The maximum absolute atomic E-state index is 13.6. The van der Waals surface area contributed by atoms with Gasteiger partial charge in [0.25, 0.3) is 5.91 Å². The van der Waals surface area contributed by atoms with Gasteiger partial charge in [-0.3, -0.25) is 4.79 Å². The van der Waals surface area contributed by atoms with Crippen molar-refractivity contribution in [3.05, 3.63) is 95.3 Å². The summed E-state index contributed by atoms with van der Waals surface area (Å²) in [6.07, 6.45) is 4.40. The third-order valence-electron chi connectivity index (χ3n) is 6.87. The maximum Gasteiger partial charge on any atom is 0.337 e. The molecule has 1 aliphatic heterocycles. The SMILES string of the molecule is O=C(Nc1cccc(C(CCN2CCCC2)Nc2ncnc3c(C(=O)O)cccc23)c1)c1ccc(F)c(F)c1. The lowest BCUT2D eigenvalue weighted by molar-refractivity contribution is 0.0698. The molecule has 0 spiro atoms. The zero-order valence-corrected chi connectivity index (χ0v) is 21.0. The molecule has 1 unspecified atom stereocenters. The number of nitrogens with zero attached hydrogens (tertiary/aromatic N) is 3. The number of halogens is 2. The fraction of sp³-hybridized carbons (Fsp3) is 0.241. The average molecular weight is 532 g/mol. The average Bonchev–Trinajstić information content (AvgIpc) is 3.46. The lowest BCUT2D eigenvalue weighted by Gasteiger charge is -2.24. The molecule has 0 radical (unpaired) electrons. The van der Waals surface area contributed by atoms with Crippen LogP contribution in [0.5, 0.6) is 0 Å². The van der Waals surface area contributed by atoms with Crippen LogP contribution in [0, 0.1) is 11.6 Å². The quantitative estimate of drug-likeness (QED) is 0.262. The standard InChI is InChI=1S/C29H27F2N5O3/c30-23-10-9-19(16-24(23)31)28(37)34-20-6-3-5-18(15-20)25(11-14-36-12-1-2-13-36)35-27-21-7-4-8-22(29(38)39)26(21)32-17-33-27/h3-10,15-17,25H,1-2,11-14H2,(H,34,37)(H,38,39)(H,32,33,35). The number of carbonyl (C=O) groups is 2. The van der Waals surface area contributed by atoms with E-state index < -0.39 is 23.5 Å². The summed E-state index contributed by atoms with van der Waals surface area (Å²) in [4.78, 5) is 35.4. The Morgan fingerprint density at radius 3 is 2.54 bits per heavy atom. The number of carboxylic acids is 1. The molecule has 39 heavy (non-hydrogen) atoms. The van der Waals surface area contributed by atoms with Crippen LogP contribution < -0.4 is 10.6 Å². The number of hydrogen-bond donors (Lipinski definition) is 3. The molecule has 5 rings (SSSR count). The van der Waals surface area contributed by atoms with E-state index >= 15 is 0 Å². The second-order valence-electron chi connectivity index (χ2n) is 9.47. The molecule has 3 N–H and O–H groups in total. The molecule has 8 nitrogen and oxygen atoms in total. The highest BCUT2D eigenvalue weighted by Crippen LogP contribution is 2.29. The van der Waals surface area contributed by atoms with Crippen molar-refractivity contribution in [1.82, 2.24) is 14.9 Å². The number of hydrogen-bond acceptors (Lipinski definition) is 6. The number of aromatic carboxylic acids is 1. The summed E-state index contributed by atoms with van der Waals surface area (Å²) in [6, 6.07) is 15.0. The number of benzene rings is 3. The number of likely N-dealkylation sites (tertiary alicyclic amines) is 1. The Labute approximate surface area is 223 Å². The van der Waals surface area contributed by atoms with Gasteiger partial charge >= 0.3 is 5.97 Å². The maximum atomic E-state index is 13.6. The summed E-state index contributed by atoms with van der Waals surface area (Å²) >= 11 is 0. The van der Waals surface area contributed by atoms with Crippen molar-refractivity contribution in [2.24, 2.45) is 0 Å². The molecule has 1 amide bonds. The second kappa shape index (κ2) is 11.5. The predicted molar refractivity (Wildman–Crippen MR) is 144 cm³/mol. The molecule has 10 heteroatoms. The largest absolute Gasteiger partial charge is 0.478 e. The van der Waals surface area contributed by atoms with E-state index in [1.165, 1.54) is 18.5 Å². The zero-order valence-electron chi connectivity index (χ0n) is 21.0. The van der Waals surface area contributed by atoms with Crippen LogP contribution in [-0.2, 0) is 0 Å². The minimum absolute atomic E-state index is 0.00435. The van der Waals surface area contributed by atoms with E-state index in [1.807, 2.05) is 12.1 Å². The van der Waals surface area contributed by atoms with Crippen molar-refractivity contribution in [1.29, 1.82) is 0 Å². The Bertz CT molecular complexity index is 1520. The first-order chi connectivity index (χ1) is 18.9. The van der Waals surface area contributed by atoms with E-state index in [9.17, 15) is 23.5 Å². The molecular formula is C29H27F2N5O3. The van der Waals surface area contributed by atoms with Gasteiger partial charge in [-0.1, -0.05) is 18.2 Å². The summed E-state index contributed by atoms with van der Waals surface area (Å²) in [5.41, 5.74) is 1.81. The van der Waals surface area contributed by atoms with E-state index in [0.717, 1.165) is 56.6 Å². The Morgan fingerprint density at radius 1 is 0.974 bits per heavy atom. The number of carbonyl (C=O) groups excluding carboxylic acids is 1. The van der Waals surface area contributed by atoms with Gasteiger partial charge in [0.15, 0.2) is 11.6 Å². The molecule has 3 aromatic carbocycles. The Hall–Kier alpha value is -4.44. The molecule has 4 aromatic rings. The van der Waals surface area contributed by atoms with Gasteiger partial charge in [0.05, 0.1) is 17.1 Å². The number of nitrogens with one attached hydrogen (secondary N) is 2. The fourth-order valence-electron chi connectivity index (χ4n) is 4.85. The molecule has 0 aliphatic carbocycles. The van der Waals surface area contributed by atoms with Gasteiger partial charge in [0, 0.05) is 23.2 Å². The minimum atomic E-state index is -1.09. The molecule has 1 aromatic heterocycles. The highest BCUT2D eigenvalue weighted by Gasteiger charge is 2.20. The van der Waals surface area contributed by atoms with E-state index in [-0.39, 0.29) is 17.2 Å². The van der Waals surface area contributed by atoms with Gasteiger partial charge in [-0.2, -0.15) is 0 Å². The van der Waals surface area contributed by atoms with Crippen LogP contribution >= 0.6 is 0 Å². The van der Waals surface area contributed by atoms with Gasteiger partial charge in [-0.15, -0.1) is 0 Å². The van der Waals surface area contributed by atoms with Gasteiger partial charge in [0.2, 0.25) is 0 Å². The molecule has 0 bridgehead atoms. The summed E-state index contributed by atoms with van der Waals surface area (Å²) < 4.78 is 26.9. The summed E-state index contributed by atoms with van der Waals surface area (Å²) in [6.45, 7) is 2.91. The van der Waals surface area contributed by atoms with E-state index in [0.29, 0.717) is 22.4 Å². The lowest BCUT2D eigenvalue weighted by Crippen LogP contribution is -2.24. The van der Waals surface area contributed by atoms with Crippen molar-refractivity contribution >= 4 is 34.3 Å². The van der Waals surface area contributed by atoms with Crippen molar-refractivity contribution in [3.8, 4) is 0 Å². The van der Waals surface area contributed by atoms with E-state index in [2.05, 4.69) is 25.5 Å². The second-order valence-corrected chi connectivity index (χ2v) is 9.47. The van der Waals surface area contributed by atoms with Crippen LogP contribution in [0.3, 0.4) is 0 Å². The molecule has 1 aliphatic rings. The first kappa shape index (κ1) is 26.2. The predicted octanol–water partition coefficient (Wildman–Crippen LogP) is 5.50. The fourth-order valence-corrected chi connectivity index (χ4v) is 4.85. The number of carboxylic acid groups (broad SMARTS) is 1. The molecular weight excluding hydrogens is 504 g/mol. The first-order valence-corrected chi connectivity index (χ1v) is 12.7. The van der Waals surface area contributed by atoms with Gasteiger partial charge in [0.1, 0.15) is 12.1 Å². The van der Waals surface area contributed by atoms with Crippen molar-refractivity contribution < 1.29 is 23.5 Å². The number of anilines is 2. The van der Waals surface area contributed by atoms with Crippen molar-refractivity contribution in [2.75, 3.05) is 30.3 Å². The third-order valence-corrected chi connectivity index (χ3v) is 6.87. The molecule has 2 heterocycles. The smallest absolute Gasteiger partial charge is 0.337 e. The normalized spacial score (nSPS) is 14.3. The Kier molecular flexibility index (Phi) is 7.74. The number of fused-ring (bicyclic) bond motifs is 1. The van der Waals surface area contributed by atoms with E-state index in [1.54, 1.807) is 24.3 Å². The number of aromatic nitrogens is 2. The van der Waals surface area contributed by atoms with Crippen LogP contribution in [0.15, 0.2) is 67.0 Å². The number of para-hydroxylation sites is 1. The highest BCUT2D eigenvalue weighted by molar-refractivity contribution is 6.05. The molecule has 0 saturated carbocycles. The van der Waals surface area contributed by atoms with Crippen LogP contribution in [0.1, 0.15) is 51.6 Å². The van der Waals surface area contributed by atoms with E-state index in [4.69, 9.17) is 0 Å². The molecule has 1 atom stereocenters. The number of rotatable bonds is 9. The first-order valence-electron chi connectivity index (χ1n) is 12.7. The summed E-state index contributed by atoms with van der Waals surface area (Å²) in [5, 5.41) is 16.4. The van der Waals surface area contributed by atoms with Gasteiger partial charge in [-0.05, 0) is 80.4 Å². The Morgan fingerprint density at radius 2 is 1.77 bits per heavy atom. The monoisotopic (exact) mass is 531 g/mol. The summed E-state index contributed by atoms with van der Waals surface area (Å²) in [5.74, 6) is -3.24. The minimum Gasteiger partial charge on any atom is -0.478 e. The van der Waals surface area contributed by atoms with Crippen molar-refractivity contribution in [2.45, 2.75) is 25.3 Å². The lowest BCUT2D eigenvalue weighted by atomic mass is 10.0. The Balaban J connectivity index is 1.43. The molecule has 1 saturated heterocycles. The van der Waals surface area contributed by atoms with Crippen LogP contribution in [0.4, 0.5) is 20.3 Å². The third kappa shape index (κ3) is 6.01. The highest BCUT2D eigenvalue weighted by atomic mass is 19.2. The van der Waals surface area contributed by atoms with Gasteiger partial charge in [-0.25, -0.2) is 23.5 Å². The summed E-state index contributed by atoms with van der Waals surface area (Å²) in [7, 11) is 0. The van der Waals surface area contributed by atoms with Crippen molar-refractivity contribution in [3.63, 3.8) is 0 Å². The zero-order chi connectivity index (χ0) is 27.4. The molecule has 200 valence electrons. The van der Waals surface area contributed by atoms with Gasteiger partial charge < -0.3 is 20.6 Å². The molecule has 1 fully saturated rings. The van der Waals surface area contributed by atoms with Crippen LogP contribution in [0.2, 0.25) is 0 Å². The topological polar surface area (TPSA) is 107 Å².